The predicted molar refractivity (Wildman–Crippen MR) is 165 cm³/mol. The molecule has 1 aliphatic heterocycles. The summed E-state index contributed by atoms with van der Waals surface area (Å²) in [6.45, 7) is 0.371. The number of carbonyl (C=O) groups excluding carboxylic acids is 3. The predicted octanol–water partition coefficient (Wildman–Crippen LogP) is 5.29. The zero-order valence-corrected chi connectivity index (χ0v) is 23.9. The van der Waals surface area contributed by atoms with Crippen LogP contribution in [0.4, 0.5) is 5.69 Å². The van der Waals surface area contributed by atoms with E-state index in [4.69, 9.17) is 11.6 Å². The molecule has 2 aromatic heterocycles. The van der Waals surface area contributed by atoms with E-state index in [0.29, 0.717) is 46.3 Å². The number of fused-ring (bicyclic) bond motifs is 5. The van der Waals surface area contributed by atoms with E-state index in [9.17, 15) is 19.5 Å². The summed E-state index contributed by atoms with van der Waals surface area (Å²) in [4.78, 5) is 47.4. The minimum absolute atomic E-state index is 0.0983. The monoisotopic (exact) mass is 593 g/mol. The first-order valence-electron chi connectivity index (χ1n) is 14.0. The fourth-order valence-corrected chi connectivity index (χ4v) is 6.70. The van der Waals surface area contributed by atoms with Crippen LogP contribution in [0.15, 0.2) is 84.6 Å². The lowest BCUT2D eigenvalue weighted by atomic mass is 9.78. The number of allylic oxidation sites excluding steroid dienone is 1. The van der Waals surface area contributed by atoms with Gasteiger partial charge in [0.2, 0.25) is 0 Å². The topological polar surface area (TPSA) is 130 Å². The van der Waals surface area contributed by atoms with Gasteiger partial charge in [-0.2, -0.15) is 0 Å². The van der Waals surface area contributed by atoms with E-state index in [1.54, 1.807) is 42.3 Å². The molecule has 0 saturated carbocycles. The molecule has 0 radical (unpaired) electrons. The molecule has 5 N–H and O–H groups in total. The van der Waals surface area contributed by atoms with Crippen molar-refractivity contribution in [1.29, 1.82) is 0 Å². The van der Waals surface area contributed by atoms with Crippen LogP contribution in [0.5, 0.6) is 0 Å². The van der Waals surface area contributed by atoms with Crippen molar-refractivity contribution in [3.05, 3.63) is 113 Å². The van der Waals surface area contributed by atoms with Gasteiger partial charge in [0.05, 0.1) is 0 Å². The summed E-state index contributed by atoms with van der Waals surface area (Å²) in [5, 5.41) is 18.4. The van der Waals surface area contributed by atoms with Gasteiger partial charge in [0.1, 0.15) is 17.5 Å². The minimum atomic E-state index is -1.05. The van der Waals surface area contributed by atoms with Crippen molar-refractivity contribution in [3.8, 4) is 0 Å². The van der Waals surface area contributed by atoms with Crippen molar-refractivity contribution < 1.29 is 19.5 Å². The molecule has 5 aromatic rings. The van der Waals surface area contributed by atoms with Crippen LogP contribution >= 0.6 is 11.6 Å². The summed E-state index contributed by atoms with van der Waals surface area (Å²) in [5.41, 5.74) is 5.49. The molecule has 3 atom stereocenters. The van der Waals surface area contributed by atoms with Crippen molar-refractivity contribution in [2.75, 3.05) is 24.8 Å². The molecule has 7 rings (SSSR count). The number of halogens is 1. The van der Waals surface area contributed by atoms with E-state index in [-0.39, 0.29) is 29.6 Å². The van der Waals surface area contributed by atoms with Gasteiger partial charge < -0.3 is 30.6 Å². The van der Waals surface area contributed by atoms with Crippen LogP contribution in [0.25, 0.3) is 21.8 Å². The fourth-order valence-electron chi connectivity index (χ4n) is 6.43. The van der Waals surface area contributed by atoms with Gasteiger partial charge in [-0.1, -0.05) is 30.3 Å². The number of aliphatic hydroxyl groups is 1. The number of anilines is 1. The molecule has 1 saturated heterocycles. The number of benzene rings is 3. The van der Waals surface area contributed by atoms with Gasteiger partial charge in [-0.05, 0) is 54.1 Å². The molecule has 3 heterocycles. The summed E-state index contributed by atoms with van der Waals surface area (Å²) in [6.07, 6.45) is 0.606. The zero-order valence-electron chi connectivity index (χ0n) is 23.1. The largest absolute Gasteiger partial charge is 0.384 e. The van der Waals surface area contributed by atoms with Crippen LogP contribution in [-0.4, -0.2) is 57.2 Å². The maximum atomic E-state index is 13.9. The number of alkyl halides is 1. The molecule has 0 bridgehead atoms. The van der Waals surface area contributed by atoms with Crippen LogP contribution in [-0.2, 0) is 0 Å². The molecule has 1 fully saturated rings. The molecule has 9 nitrogen and oxygen atoms in total. The first-order valence-corrected chi connectivity index (χ1v) is 14.5. The summed E-state index contributed by atoms with van der Waals surface area (Å²) >= 11 is 6.42. The molecule has 216 valence electrons. The van der Waals surface area contributed by atoms with Crippen molar-refractivity contribution in [2.24, 2.45) is 5.92 Å². The second-order valence-electron chi connectivity index (χ2n) is 10.9. The number of hydrogen-bond donors (Lipinski definition) is 5. The van der Waals surface area contributed by atoms with Gasteiger partial charge in [0.25, 0.3) is 17.7 Å². The maximum Gasteiger partial charge on any atom is 0.274 e. The highest BCUT2D eigenvalue weighted by molar-refractivity contribution is 6.18. The molecule has 3 unspecified atom stereocenters. The highest BCUT2D eigenvalue weighted by Gasteiger charge is 2.45. The summed E-state index contributed by atoms with van der Waals surface area (Å²) in [7, 11) is 1.55. The second kappa shape index (κ2) is 10.4. The zero-order chi connectivity index (χ0) is 29.8. The molecule has 10 heteroatoms. The molecule has 0 spiro atoms. The van der Waals surface area contributed by atoms with E-state index < -0.39 is 6.10 Å². The number of para-hydroxylation sites is 1. The molecule has 43 heavy (non-hydrogen) atoms. The number of rotatable bonds is 5. The van der Waals surface area contributed by atoms with Crippen LogP contribution in [0.1, 0.15) is 54.5 Å². The van der Waals surface area contributed by atoms with Gasteiger partial charge in [-0.3, -0.25) is 14.4 Å². The smallest absolute Gasteiger partial charge is 0.274 e. The number of aromatic nitrogens is 2. The Kier molecular flexibility index (Phi) is 6.56. The highest BCUT2D eigenvalue weighted by Crippen LogP contribution is 2.49. The molecule has 2 aliphatic rings. The van der Waals surface area contributed by atoms with Crippen molar-refractivity contribution in [3.63, 3.8) is 0 Å². The Bertz CT molecular complexity index is 1940. The lowest BCUT2D eigenvalue weighted by Crippen LogP contribution is -2.29. The Hall–Kier alpha value is -4.86. The SMILES string of the molecule is CNC(=O)c1cccc2c1C(O)C=C1C2C(CCl)CN1C(=O)c1cc2cc(NC(=O)c3cc4ccccc4[nH]3)ccc2[nH]1. The van der Waals surface area contributed by atoms with Crippen molar-refractivity contribution in [1.82, 2.24) is 20.2 Å². The van der Waals surface area contributed by atoms with Gasteiger partial charge in [0, 0.05) is 75.6 Å². The summed E-state index contributed by atoms with van der Waals surface area (Å²) in [6, 6.07) is 22.0. The van der Waals surface area contributed by atoms with Gasteiger partial charge in [-0.25, -0.2) is 0 Å². The molecule has 3 amide bonds. The molecular formula is C33H28ClN5O4. The standard InChI is InChI=1S/C33H28ClN5O4/c1-35-31(41)22-7-4-6-21-29-19(15-34)16-39(27(29)14-28(40)30(21)22)33(43)26-13-18-11-20(9-10-24(18)38-26)36-32(42)25-12-17-5-2-3-8-23(17)37-25/h2-14,19,28-29,37-38,40H,15-16H2,1H3,(H,35,41)(H,36,42). The molecule has 1 aliphatic carbocycles. The maximum absolute atomic E-state index is 13.9. The van der Waals surface area contributed by atoms with E-state index in [1.807, 2.05) is 48.5 Å². The first-order chi connectivity index (χ1) is 20.9. The summed E-state index contributed by atoms with van der Waals surface area (Å²) < 4.78 is 0. The van der Waals surface area contributed by atoms with Gasteiger partial charge in [-0.15, -0.1) is 11.6 Å². The Morgan fingerprint density at radius 2 is 1.70 bits per heavy atom. The van der Waals surface area contributed by atoms with E-state index in [1.165, 1.54) is 0 Å². The normalized spacial score (nSPS) is 19.2. The number of aromatic amines is 2. The number of aliphatic hydroxyl groups excluding tert-OH is 1. The Balaban J connectivity index is 1.16. The third-order valence-electron chi connectivity index (χ3n) is 8.42. The van der Waals surface area contributed by atoms with Crippen LogP contribution in [0, 0.1) is 5.92 Å². The van der Waals surface area contributed by atoms with Crippen molar-refractivity contribution >= 4 is 56.8 Å². The highest BCUT2D eigenvalue weighted by atomic mass is 35.5. The quantitative estimate of drug-likeness (QED) is 0.177. The lowest BCUT2D eigenvalue weighted by molar-refractivity contribution is 0.0811. The summed E-state index contributed by atoms with van der Waals surface area (Å²) in [5.74, 6) is -0.824. The Morgan fingerprint density at radius 3 is 2.49 bits per heavy atom. The number of hydrogen-bond acceptors (Lipinski definition) is 4. The number of amides is 3. The van der Waals surface area contributed by atoms with Crippen LogP contribution < -0.4 is 10.6 Å². The molecule has 3 aromatic carbocycles. The third kappa shape index (κ3) is 4.48. The number of carbonyl (C=O) groups is 3. The van der Waals surface area contributed by atoms with E-state index in [2.05, 4.69) is 20.6 Å². The van der Waals surface area contributed by atoms with Crippen molar-refractivity contribution in [2.45, 2.75) is 12.0 Å². The second-order valence-corrected chi connectivity index (χ2v) is 11.2. The Labute approximate surface area is 251 Å². The number of H-pyrrole nitrogens is 2. The van der Waals surface area contributed by atoms with Gasteiger partial charge in [0.15, 0.2) is 0 Å². The third-order valence-corrected chi connectivity index (χ3v) is 8.81. The number of likely N-dealkylation sites (tertiary alicyclic amines) is 1. The number of nitrogens with zero attached hydrogens (tertiary/aromatic N) is 1. The van der Waals surface area contributed by atoms with Crippen LogP contribution in [0.3, 0.4) is 0 Å². The average molecular weight is 594 g/mol. The fraction of sp³-hybridized carbons (Fsp3) is 0.182. The Morgan fingerprint density at radius 1 is 0.930 bits per heavy atom. The van der Waals surface area contributed by atoms with E-state index >= 15 is 0 Å². The van der Waals surface area contributed by atoms with Gasteiger partial charge >= 0.3 is 0 Å². The minimum Gasteiger partial charge on any atom is -0.384 e. The number of nitrogens with one attached hydrogen (secondary N) is 4. The van der Waals surface area contributed by atoms with E-state index in [0.717, 1.165) is 27.4 Å². The van der Waals surface area contributed by atoms with Crippen LogP contribution in [0.2, 0.25) is 0 Å². The lowest BCUT2D eigenvalue weighted by Gasteiger charge is -2.30. The first kappa shape index (κ1) is 27.0. The average Bonchev–Trinajstić information content (AvgIpc) is 3.75. The molecular weight excluding hydrogens is 566 g/mol.